The summed E-state index contributed by atoms with van der Waals surface area (Å²) < 4.78 is 5.73. The molecule has 2 aromatic rings. The molecular weight excluding hydrogens is 344 g/mol. The van der Waals surface area contributed by atoms with Crippen molar-refractivity contribution in [3.05, 3.63) is 47.8 Å². The number of anilines is 1. The summed E-state index contributed by atoms with van der Waals surface area (Å²) in [5.41, 5.74) is 0. The summed E-state index contributed by atoms with van der Waals surface area (Å²) in [5, 5.41) is 7.00. The molecule has 1 N–H and O–H groups in total. The number of thiophene rings is 1. The van der Waals surface area contributed by atoms with E-state index < -0.39 is 0 Å². The van der Waals surface area contributed by atoms with Gasteiger partial charge in [0, 0.05) is 39.8 Å². The molecule has 1 saturated heterocycles. The molecular formula is C20H28N4OS. The lowest BCUT2D eigenvalue weighted by Crippen LogP contribution is -2.52. The Balaban J connectivity index is 1.31. The van der Waals surface area contributed by atoms with Gasteiger partial charge in [-0.15, -0.1) is 11.3 Å². The smallest absolute Gasteiger partial charge is 0.193 e. The van der Waals surface area contributed by atoms with Crippen LogP contribution in [0, 0.1) is 0 Å². The lowest BCUT2D eigenvalue weighted by Gasteiger charge is -2.37. The molecule has 1 aromatic heterocycles. The Morgan fingerprint density at radius 2 is 1.88 bits per heavy atom. The molecule has 0 amide bonds. The Bertz CT molecular complexity index is 652. The highest BCUT2D eigenvalue weighted by Crippen LogP contribution is 2.22. The number of nitrogens with zero attached hydrogens (tertiary/aromatic N) is 3. The summed E-state index contributed by atoms with van der Waals surface area (Å²) in [6.45, 7) is 5.79. The van der Waals surface area contributed by atoms with E-state index >= 15 is 0 Å². The van der Waals surface area contributed by atoms with Crippen LogP contribution in [-0.4, -0.2) is 57.2 Å². The average molecular weight is 373 g/mol. The summed E-state index contributed by atoms with van der Waals surface area (Å²) >= 11 is 1.81. The molecule has 0 aliphatic carbocycles. The highest BCUT2D eigenvalue weighted by atomic mass is 32.1. The van der Waals surface area contributed by atoms with Gasteiger partial charge in [-0.05, 0) is 42.5 Å². The van der Waals surface area contributed by atoms with Gasteiger partial charge < -0.3 is 19.9 Å². The van der Waals surface area contributed by atoms with Crippen molar-refractivity contribution in [3.63, 3.8) is 0 Å². The van der Waals surface area contributed by atoms with E-state index in [1.165, 1.54) is 5.00 Å². The SMILES string of the molecule is CN=C(NCCCCOc1ccccc1)N1CCN(c2cccs2)CC1. The van der Waals surface area contributed by atoms with E-state index in [1.54, 1.807) is 0 Å². The molecule has 3 rings (SSSR count). The minimum atomic E-state index is 0.754. The van der Waals surface area contributed by atoms with Gasteiger partial charge in [-0.25, -0.2) is 0 Å². The summed E-state index contributed by atoms with van der Waals surface area (Å²) in [5.74, 6) is 1.96. The highest BCUT2D eigenvalue weighted by molar-refractivity contribution is 7.14. The van der Waals surface area contributed by atoms with Gasteiger partial charge in [0.05, 0.1) is 11.6 Å². The second-order valence-corrected chi connectivity index (χ2v) is 7.19. The van der Waals surface area contributed by atoms with E-state index in [4.69, 9.17) is 4.74 Å². The maximum atomic E-state index is 5.73. The molecule has 0 radical (unpaired) electrons. The number of rotatable bonds is 7. The molecule has 5 nitrogen and oxygen atoms in total. The Morgan fingerprint density at radius 3 is 2.58 bits per heavy atom. The van der Waals surface area contributed by atoms with Crippen LogP contribution in [0.2, 0.25) is 0 Å². The molecule has 1 aliphatic heterocycles. The van der Waals surface area contributed by atoms with Crippen LogP contribution >= 0.6 is 11.3 Å². The zero-order valence-electron chi connectivity index (χ0n) is 15.4. The van der Waals surface area contributed by atoms with Crippen LogP contribution in [0.4, 0.5) is 5.00 Å². The van der Waals surface area contributed by atoms with Gasteiger partial charge in [0.1, 0.15) is 5.75 Å². The van der Waals surface area contributed by atoms with Crippen LogP contribution in [0.15, 0.2) is 52.8 Å². The number of hydrogen-bond donors (Lipinski definition) is 1. The van der Waals surface area contributed by atoms with Gasteiger partial charge in [-0.2, -0.15) is 0 Å². The van der Waals surface area contributed by atoms with E-state index in [9.17, 15) is 0 Å². The van der Waals surface area contributed by atoms with E-state index in [0.717, 1.165) is 63.9 Å². The first-order valence-corrected chi connectivity index (χ1v) is 10.2. The summed E-state index contributed by atoms with van der Waals surface area (Å²) in [6.07, 6.45) is 2.10. The largest absolute Gasteiger partial charge is 0.494 e. The predicted octanol–water partition coefficient (Wildman–Crippen LogP) is 3.30. The monoisotopic (exact) mass is 372 g/mol. The Kier molecular flexibility index (Phi) is 7.19. The van der Waals surface area contributed by atoms with Crippen LogP contribution < -0.4 is 15.0 Å². The molecule has 6 heteroatoms. The average Bonchev–Trinajstić information content (AvgIpc) is 3.23. The molecule has 140 valence electrons. The third-order valence-electron chi connectivity index (χ3n) is 4.48. The first kappa shape index (κ1) is 18.6. The summed E-state index contributed by atoms with van der Waals surface area (Å²) in [4.78, 5) is 9.25. The second kappa shape index (κ2) is 10.1. The second-order valence-electron chi connectivity index (χ2n) is 6.27. The van der Waals surface area contributed by atoms with Crippen molar-refractivity contribution in [2.75, 3.05) is 51.3 Å². The van der Waals surface area contributed by atoms with Gasteiger partial charge in [0.2, 0.25) is 0 Å². The quantitative estimate of drug-likeness (QED) is 0.460. The number of ether oxygens (including phenoxy) is 1. The van der Waals surface area contributed by atoms with E-state index in [0.29, 0.717) is 0 Å². The fourth-order valence-electron chi connectivity index (χ4n) is 3.05. The number of para-hydroxylation sites is 1. The molecule has 26 heavy (non-hydrogen) atoms. The van der Waals surface area contributed by atoms with Crippen molar-refractivity contribution < 1.29 is 4.74 Å². The van der Waals surface area contributed by atoms with Crippen LogP contribution in [-0.2, 0) is 0 Å². The number of nitrogens with one attached hydrogen (secondary N) is 1. The molecule has 0 spiro atoms. The summed E-state index contributed by atoms with van der Waals surface area (Å²) in [7, 11) is 1.87. The Morgan fingerprint density at radius 1 is 1.08 bits per heavy atom. The fourth-order valence-corrected chi connectivity index (χ4v) is 3.84. The van der Waals surface area contributed by atoms with Crippen molar-refractivity contribution in [2.24, 2.45) is 4.99 Å². The number of unbranched alkanes of at least 4 members (excludes halogenated alkanes) is 1. The topological polar surface area (TPSA) is 40.1 Å². The van der Waals surface area contributed by atoms with E-state index in [2.05, 4.69) is 37.6 Å². The maximum absolute atomic E-state index is 5.73. The first-order chi connectivity index (χ1) is 12.9. The zero-order valence-corrected chi connectivity index (χ0v) is 16.3. The Hall–Kier alpha value is -2.21. The third kappa shape index (κ3) is 5.39. The van der Waals surface area contributed by atoms with Crippen LogP contribution in [0.5, 0.6) is 5.75 Å². The molecule has 1 aliphatic rings. The van der Waals surface area contributed by atoms with Crippen molar-refractivity contribution in [1.82, 2.24) is 10.2 Å². The van der Waals surface area contributed by atoms with Gasteiger partial charge >= 0.3 is 0 Å². The van der Waals surface area contributed by atoms with Crippen LogP contribution in [0.25, 0.3) is 0 Å². The van der Waals surface area contributed by atoms with Crippen LogP contribution in [0.1, 0.15) is 12.8 Å². The van der Waals surface area contributed by atoms with Gasteiger partial charge in [0.15, 0.2) is 5.96 Å². The van der Waals surface area contributed by atoms with E-state index in [1.807, 2.05) is 48.7 Å². The Labute approximate surface area is 160 Å². The lowest BCUT2D eigenvalue weighted by atomic mass is 10.3. The fraction of sp³-hybridized carbons (Fsp3) is 0.450. The molecule has 1 aromatic carbocycles. The standard InChI is InChI=1S/C20H28N4OS/c1-21-20(22-11-5-6-16-25-18-8-3-2-4-9-18)24-14-12-23(13-15-24)19-10-7-17-26-19/h2-4,7-10,17H,5-6,11-16H2,1H3,(H,21,22). The normalized spacial score (nSPS) is 15.2. The predicted molar refractivity (Wildman–Crippen MR) is 111 cm³/mol. The minimum absolute atomic E-state index is 0.754. The minimum Gasteiger partial charge on any atom is -0.494 e. The van der Waals surface area contributed by atoms with Gasteiger partial charge in [-0.3, -0.25) is 4.99 Å². The van der Waals surface area contributed by atoms with Crippen molar-refractivity contribution in [1.29, 1.82) is 0 Å². The molecule has 0 bridgehead atoms. The molecule has 2 heterocycles. The number of aliphatic imine (C=N–C) groups is 1. The molecule has 1 fully saturated rings. The first-order valence-electron chi connectivity index (χ1n) is 9.29. The third-order valence-corrected chi connectivity index (χ3v) is 5.40. The zero-order chi connectivity index (χ0) is 18.0. The van der Waals surface area contributed by atoms with Gasteiger partial charge in [0.25, 0.3) is 0 Å². The molecule has 0 unspecified atom stereocenters. The van der Waals surface area contributed by atoms with Gasteiger partial charge in [-0.1, -0.05) is 18.2 Å². The van der Waals surface area contributed by atoms with Crippen molar-refractivity contribution >= 4 is 22.3 Å². The lowest BCUT2D eigenvalue weighted by molar-refractivity contribution is 0.306. The summed E-state index contributed by atoms with van der Waals surface area (Å²) in [6, 6.07) is 14.3. The van der Waals surface area contributed by atoms with Crippen molar-refractivity contribution in [2.45, 2.75) is 12.8 Å². The molecule has 0 saturated carbocycles. The van der Waals surface area contributed by atoms with Crippen LogP contribution in [0.3, 0.4) is 0 Å². The number of guanidine groups is 1. The van der Waals surface area contributed by atoms with E-state index in [-0.39, 0.29) is 0 Å². The number of hydrogen-bond acceptors (Lipinski definition) is 4. The maximum Gasteiger partial charge on any atom is 0.193 e. The molecule has 0 atom stereocenters. The number of piperazine rings is 1. The highest BCUT2D eigenvalue weighted by Gasteiger charge is 2.19. The number of benzene rings is 1. The van der Waals surface area contributed by atoms with Crippen molar-refractivity contribution in [3.8, 4) is 5.75 Å².